The van der Waals surface area contributed by atoms with Gasteiger partial charge in [0.2, 0.25) is 0 Å². The predicted octanol–water partition coefficient (Wildman–Crippen LogP) is 7.85. The van der Waals surface area contributed by atoms with Crippen LogP contribution in [-0.2, 0) is 16.1 Å². The number of aromatic hydroxyl groups is 1. The van der Waals surface area contributed by atoms with E-state index < -0.39 is 17.5 Å². The lowest BCUT2D eigenvalue weighted by Gasteiger charge is -2.11. The average Bonchev–Trinajstić information content (AvgIpc) is 2.86. The van der Waals surface area contributed by atoms with E-state index in [0.717, 1.165) is 6.08 Å². The number of phenols is 1. The average molecular weight is 466 g/mol. The molecule has 1 N–H and O–H groups in total. The summed E-state index contributed by atoms with van der Waals surface area (Å²) in [6.07, 6.45) is 1.06. The minimum atomic E-state index is -0.975. The van der Waals surface area contributed by atoms with Crippen LogP contribution in [0.5, 0.6) is 5.75 Å². The van der Waals surface area contributed by atoms with Gasteiger partial charge in [0.25, 0.3) is 0 Å². The zero-order valence-corrected chi connectivity index (χ0v) is 18.8. The highest BCUT2D eigenvalue weighted by Crippen LogP contribution is 2.32. The van der Waals surface area contributed by atoms with Gasteiger partial charge in [-0.1, -0.05) is 61.7 Å². The molecule has 0 saturated carbocycles. The molecule has 0 heterocycles. The molecule has 3 nitrogen and oxygen atoms in total. The molecule has 0 aromatic heterocycles. The Labute approximate surface area is 197 Å². The van der Waals surface area contributed by atoms with Gasteiger partial charge in [-0.05, 0) is 28.8 Å². The molecule has 34 heavy (non-hydrogen) atoms. The fourth-order valence-corrected chi connectivity index (χ4v) is 2.94. The van der Waals surface area contributed by atoms with Crippen LogP contribution < -0.4 is 0 Å². The SMILES string of the molecule is C=C.C=C(/C=C(/F)C(=C)OCc1ccc(-c2ccc(-c3ccc(O)cc3)c(F)c2F)cc1)OC. The molecular weight excluding hydrogens is 441 g/mol. The molecule has 0 unspecified atom stereocenters. The standard InChI is InChI=1S/C26H21F3O3.C2H4/c1-16(31-3)14-24(27)17(2)32-15-18-4-6-19(7-5-18)22-12-13-23(26(29)25(22)28)20-8-10-21(30)11-9-20;1-2/h4-14,30H,1-2,15H2,3H3;1-2H2/b24-14+;. The first kappa shape index (κ1) is 26.1. The van der Waals surface area contributed by atoms with Crippen LogP contribution >= 0.6 is 0 Å². The number of allylic oxidation sites excluding steroid dienone is 2. The van der Waals surface area contributed by atoms with Crippen molar-refractivity contribution < 1.29 is 27.8 Å². The van der Waals surface area contributed by atoms with E-state index in [1.807, 2.05) is 0 Å². The van der Waals surface area contributed by atoms with Gasteiger partial charge in [-0.2, -0.15) is 0 Å². The number of benzene rings is 3. The maximum atomic E-state index is 14.8. The first-order chi connectivity index (χ1) is 16.3. The van der Waals surface area contributed by atoms with E-state index in [9.17, 15) is 18.3 Å². The summed E-state index contributed by atoms with van der Waals surface area (Å²) in [5.41, 5.74) is 1.82. The molecule has 0 fully saturated rings. The van der Waals surface area contributed by atoms with E-state index in [2.05, 4.69) is 26.3 Å². The van der Waals surface area contributed by atoms with Gasteiger partial charge in [-0.15, -0.1) is 13.2 Å². The molecule has 0 amide bonds. The second-order valence-electron chi connectivity index (χ2n) is 6.91. The molecule has 3 aromatic carbocycles. The lowest BCUT2D eigenvalue weighted by Crippen LogP contribution is -1.96. The summed E-state index contributed by atoms with van der Waals surface area (Å²) in [6, 6.07) is 15.4. The number of halogens is 3. The monoisotopic (exact) mass is 466 g/mol. The van der Waals surface area contributed by atoms with Gasteiger partial charge in [0.1, 0.15) is 23.9 Å². The molecule has 0 atom stereocenters. The molecule has 0 aliphatic rings. The molecule has 0 aliphatic carbocycles. The van der Waals surface area contributed by atoms with E-state index in [1.165, 1.54) is 43.5 Å². The fraction of sp³-hybridized carbons (Fsp3) is 0.0714. The molecule has 3 rings (SSSR count). The zero-order valence-electron chi connectivity index (χ0n) is 18.8. The third-order valence-corrected chi connectivity index (χ3v) is 4.75. The summed E-state index contributed by atoms with van der Waals surface area (Å²) in [4.78, 5) is 0. The van der Waals surface area contributed by atoms with Gasteiger partial charge >= 0.3 is 0 Å². The predicted molar refractivity (Wildman–Crippen MR) is 129 cm³/mol. The number of rotatable bonds is 8. The lowest BCUT2D eigenvalue weighted by molar-refractivity contribution is 0.196. The minimum Gasteiger partial charge on any atom is -0.508 e. The zero-order chi connectivity index (χ0) is 25.3. The molecule has 3 aromatic rings. The molecule has 0 bridgehead atoms. The molecule has 0 saturated heterocycles. The van der Waals surface area contributed by atoms with E-state index in [4.69, 9.17) is 9.47 Å². The number of hydrogen-bond donors (Lipinski definition) is 1. The molecule has 176 valence electrons. The van der Waals surface area contributed by atoms with Crippen LogP contribution in [0.4, 0.5) is 13.2 Å². The highest BCUT2D eigenvalue weighted by Gasteiger charge is 2.16. The Morgan fingerprint density at radius 2 is 1.32 bits per heavy atom. The van der Waals surface area contributed by atoms with Crippen molar-refractivity contribution in [1.82, 2.24) is 0 Å². The van der Waals surface area contributed by atoms with Crippen LogP contribution in [0.2, 0.25) is 0 Å². The third-order valence-electron chi connectivity index (χ3n) is 4.75. The van der Waals surface area contributed by atoms with Gasteiger partial charge in [0.15, 0.2) is 17.5 Å². The van der Waals surface area contributed by atoms with Crippen LogP contribution in [0.25, 0.3) is 22.3 Å². The minimum absolute atomic E-state index is 0.0382. The van der Waals surface area contributed by atoms with Crippen molar-refractivity contribution in [2.24, 2.45) is 0 Å². The quantitative estimate of drug-likeness (QED) is 0.209. The number of methoxy groups -OCH3 is 1. The molecule has 0 aliphatic heterocycles. The highest BCUT2D eigenvalue weighted by molar-refractivity contribution is 5.72. The van der Waals surface area contributed by atoms with Gasteiger partial charge < -0.3 is 14.6 Å². The Kier molecular flexibility index (Phi) is 9.32. The summed E-state index contributed by atoms with van der Waals surface area (Å²) in [5, 5.41) is 9.37. The number of hydrogen-bond acceptors (Lipinski definition) is 3. The van der Waals surface area contributed by atoms with Gasteiger partial charge in [-0.3, -0.25) is 0 Å². The summed E-state index contributed by atoms with van der Waals surface area (Å²) in [7, 11) is 1.37. The Bertz CT molecular complexity index is 1180. The van der Waals surface area contributed by atoms with Crippen molar-refractivity contribution in [1.29, 1.82) is 0 Å². The Morgan fingerprint density at radius 3 is 1.79 bits per heavy atom. The third kappa shape index (κ3) is 6.42. The van der Waals surface area contributed by atoms with Crippen LogP contribution in [0, 0.1) is 11.6 Å². The summed E-state index contributed by atoms with van der Waals surface area (Å²) in [6.45, 7) is 13.0. The van der Waals surface area contributed by atoms with E-state index >= 15 is 0 Å². The summed E-state index contributed by atoms with van der Waals surface area (Å²) in [5.74, 6) is -2.67. The van der Waals surface area contributed by atoms with Crippen molar-refractivity contribution in [3.63, 3.8) is 0 Å². The van der Waals surface area contributed by atoms with E-state index in [0.29, 0.717) is 16.7 Å². The molecular formula is C28H25F3O3. The lowest BCUT2D eigenvalue weighted by atomic mass is 9.98. The van der Waals surface area contributed by atoms with Crippen molar-refractivity contribution in [2.45, 2.75) is 6.61 Å². The highest BCUT2D eigenvalue weighted by atomic mass is 19.2. The molecule has 6 heteroatoms. The van der Waals surface area contributed by atoms with Gasteiger partial charge in [0.05, 0.1) is 7.11 Å². The van der Waals surface area contributed by atoms with Gasteiger partial charge in [-0.25, -0.2) is 13.2 Å². The topological polar surface area (TPSA) is 38.7 Å². The normalized spacial score (nSPS) is 10.6. The number of ether oxygens (including phenoxy) is 2. The Hall–Kier alpha value is -4.19. The maximum absolute atomic E-state index is 14.8. The summed E-state index contributed by atoms with van der Waals surface area (Å²) >= 11 is 0. The molecule has 0 radical (unpaired) electrons. The Balaban J connectivity index is 0.00000199. The maximum Gasteiger partial charge on any atom is 0.168 e. The van der Waals surface area contributed by atoms with Crippen molar-refractivity contribution >= 4 is 0 Å². The first-order valence-corrected chi connectivity index (χ1v) is 10.1. The second-order valence-corrected chi connectivity index (χ2v) is 6.91. The fourth-order valence-electron chi connectivity index (χ4n) is 2.94. The van der Waals surface area contributed by atoms with E-state index in [-0.39, 0.29) is 35.0 Å². The largest absolute Gasteiger partial charge is 0.508 e. The van der Waals surface area contributed by atoms with Crippen LogP contribution in [0.3, 0.4) is 0 Å². The van der Waals surface area contributed by atoms with Crippen LogP contribution in [0.1, 0.15) is 5.56 Å². The second kappa shape index (κ2) is 12.2. The van der Waals surface area contributed by atoms with Crippen LogP contribution in [0.15, 0.2) is 110 Å². The number of phenolic OH excluding ortho intramolecular Hbond substituents is 1. The smallest absolute Gasteiger partial charge is 0.168 e. The van der Waals surface area contributed by atoms with Crippen LogP contribution in [-0.4, -0.2) is 12.2 Å². The summed E-state index contributed by atoms with van der Waals surface area (Å²) < 4.78 is 53.4. The Morgan fingerprint density at radius 1 is 0.853 bits per heavy atom. The van der Waals surface area contributed by atoms with Crippen molar-refractivity contribution in [3.8, 4) is 28.0 Å². The van der Waals surface area contributed by atoms with E-state index in [1.54, 1.807) is 24.3 Å². The van der Waals surface area contributed by atoms with Gasteiger partial charge in [0, 0.05) is 17.2 Å². The van der Waals surface area contributed by atoms with Crippen molar-refractivity contribution in [3.05, 3.63) is 128 Å². The first-order valence-electron chi connectivity index (χ1n) is 10.1. The van der Waals surface area contributed by atoms with Crippen molar-refractivity contribution in [2.75, 3.05) is 7.11 Å². The molecule has 0 spiro atoms.